The number of aliphatic hydroxyl groups is 1. The fourth-order valence-corrected chi connectivity index (χ4v) is 2.86. The largest absolute Gasteiger partial charge is 0.393 e. The van der Waals surface area contributed by atoms with Gasteiger partial charge in [0.2, 0.25) is 0 Å². The van der Waals surface area contributed by atoms with Crippen molar-refractivity contribution >= 4 is 0 Å². The highest BCUT2D eigenvalue weighted by Crippen LogP contribution is 2.23. The van der Waals surface area contributed by atoms with Gasteiger partial charge >= 0.3 is 0 Å². The minimum Gasteiger partial charge on any atom is -0.393 e. The molecule has 0 aromatic heterocycles. The van der Waals surface area contributed by atoms with E-state index >= 15 is 0 Å². The van der Waals surface area contributed by atoms with Gasteiger partial charge in [-0.1, -0.05) is 45.4 Å². The van der Waals surface area contributed by atoms with Crippen molar-refractivity contribution in [3.63, 3.8) is 0 Å². The van der Waals surface area contributed by atoms with Gasteiger partial charge in [-0.15, -0.1) is 0 Å². The maximum atomic E-state index is 9.44. The third kappa shape index (κ3) is 8.10. The van der Waals surface area contributed by atoms with E-state index in [1.54, 1.807) is 0 Å². The van der Waals surface area contributed by atoms with Gasteiger partial charge in [-0.2, -0.15) is 0 Å². The summed E-state index contributed by atoms with van der Waals surface area (Å²) in [5.41, 5.74) is 0. The van der Waals surface area contributed by atoms with Crippen molar-refractivity contribution in [2.45, 2.75) is 83.7 Å². The molecule has 2 N–H and O–H groups in total. The van der Waals surface area contributed by atoms with Crippen molar-refractivity contribution in [1.82, 2.24) is 5.32 Å². The normalized spacial score (nSPS) is 24.3. The van der Waals surface area contributed by atoms with Gasteiger partial charge < -0.3 is 10.4 Å². The van der Waals surface area contributed by atoms with Crippen molar-refractivity contribution < 1.29 is 5.11 Å². The average molecular weight is 255 g/mol. The van der Waals surface area contributed by atoms with Crippen LogP contribution in [0.5, 0.6) is 0 Å². The van der Waals surface area contributed by atoms with Gasteiger partial charge in [-0.05, 0) is 51.1 Å². The molecule has 0 aliphatic heterocycles. The molecule has 0 aromatic carbocycles. The molecule has 0 amide bonds. The fraction of sp³-hybridized carbons (Fsp3) is 1.00. The number of aliphatic hydroxyl groups excluding tert-OH is 1. The highest BCUT2D eigenvalue weighted by molar-refractivity contribution is 4.72. The van der Waals surface area contributed by atoms with Crippen molar-refractivity contribution in [3.8, 4) is 0 Å². The topological polar surface area (TPSA) is 32.3 Å². The molecule has 108 valence electrons. The third-order valence-electron chi connectivity index (χ3n) is 4.21. The quantitative estimate of drug-likeness (QED) is 0.581. The second kappa shape index (κ2) is 10.8. The van der Waals surface area contributed by atoms with Crippen LogP contribution in [0, 0.1) is 5.92 Å². The first-order valence-corrected chi connectivity index (χ1v) is 8.21. The standard InChI is InChI=1S/C16H33NO/c1-2-3-4-5-6-7-8-13-17-14-15-9-11-16(18)12-10-15/h15-18H,2-14H2,1H3. The Labute approximate surface area is 114 Å². The molecule has 1 fully saturated rings. The van der Waals surface area contributed by atoms with Crippen LogP contribution >= 0.6 is 0 Å². The van der Waals surface area contributed by atoms with Crippen LogP contribution in [-0.2, 0) is 0 Å². The smallest absolute Gasteiger partial charge is 0.0540 e. The third-order valence-corrected chi connectivity index (χ3v) is 4.21. The van der Waals surface area contributed by atoms with Crippen LogP contribution in [0.1, 0.15) is 77.6 Å². The highest BCUT2D eigenvalue weighted by Gasteiger charge is 2.18. The zero-order valence-corrected chi connectivity index (χ0v) is 12.3. The molecule has 18 heavy (non-hydrogen) atoms. The Kier molecular flexibility index (Phi) is 9.59. The van der Waals surface area contributed by atoms with Crippen LogP contribution < -0.4 is 5.32 Å². The lowest BCUT2D eigenvalue weighted by Gasteiger charge is -2.25. The Morgan fingerprint density at radius 3 is 2.17 bits per heavy atom. The number of nitrogens with one attached hydrogen (secondary N) is 1. The van der Waals surface area contributed by atoms with Gasteiger partial charge in [0.25, 0.3) is 0 Å². The summed E-state index contributed by atoms with van der Waals surface area (Å²) < 4.78 is 0. The van der Waals surface area contributed by atoms with Gasteiger partial charge in [0.15, 0.2) is 0 Å². The highest BCUT2D eigenvalue weighted by atomic mass is 16.3. The molecule has 0 aromatic rings. The van der Waals surface area contributed by atoms with Crippen LogP contribution in [0.2, 0.25) is 0 Å². The maximum absolute atomic E-state index is 9.44. The van der Waals surface area contributed by atoms with Crippen molar-refractivity contribution in [2.75, 3.05) is 13.1 Å². The van der Waals surface area contributed by atoms with Gasteiger partial charge in [-0.25, -0.2) is 0 Å². The van der Waals surface area contributed by atoms with Gasteiger partial charge in [0.1, 0.15) is 0 Å². The number of unbranched alkanes of at least 4 members (excludes halogenated alkanes) is 6. The van der Waals surface area contributed by atoms with E-state index < -0.39 is 0 Å². The van der Waals surface area contributed by atoms with E-state index in [0.29, 0.717) is 0 Å². The first kappa shape index (κ1) is 16.0. The molecule has 1 aliphatic carbocycles. The number of rotatable bonds is 10. The maximum Gasteiger partial charge on any atom is 0.0540 e. The van der Waals surface area contributed by atoms with E-state index in [-0.39, 0.29) is 6.10 Å². The number of hydrogen-bond acceptors (Lipinski definition) is 2. The second-order valence-electron chi connectivity index (χ2n) is 6.00. The molecule has 0 unspecified atom stereocenters. The molecule has 1 rings (SSSR count). The van der Waals surface area contributed by atoms with Crippen LogP contribution in [0.4, 0.5) is 0 Å². The van der Waals surface area contributed by atoms with E-state index in [9.17, 15) is 5.11 Å². The summed E-state index contributed by atoms with van der Waals surface area (Å²) in [5.74, 6) is 0.818. The Morgan fingerprint density at radius 1 is 0.889 bits per heavy atom. The molecule has 0 radical (unpaired) electrons. The lowest BCUT2D eigenvalue weighted by molar-refractivity contribution is 0.108. The first-order chi connectivity index (χ1) is 8.83. The van der Waals surface area contributed by atoms with Crippen molar-refractivity contribution in [2.24, 2.45) is 5.92 Å². The summed E-state index contributed by atoms with van der Waals surface area (Å²) in [6.07, 6.45) is 14.2. The summed E-state index contributed by atoms with van der Waals surface area (Å²) in [4.78, 5) is 0. The average Bonchev–Trinajstić information content (AvgIpc) is 2.39. The zero-order valence-electron chi connectivity index (χ0n) is 12.3. The van der Waals surface area contributed by atoms with E-state index in [4.69, 9.17) is 0 Å². The predicted octanol–water partition coefficient (Wildman–Crippen LogP) is 3.88. The number of hydrogen-bond donors (Lipinski definition) is 2. The summed E-state index contributed by atoms with van der Waals surface area (Å²) in [6.45, 7) is 4.63. The van der Waals surface area contributed by atoms with E-state index in [1.807, 2.05) is 0 Å². The molecule has 2 nitrogen and oxygen atoms in total. The molecule has 1 aliphatic rings. The van der Waals surface area contributed by atoms with Crippen LogP contribution in [0.25, 0.3) is 0 Å². The van der Waals surface area contributed by atoms with Crippen molar-refractivity contribution in [1.29, 1.82) is 0 Å². The Morgan fingerprint density at radius 2 is 1.50 bits per heavy atom. The van der Waals surface area contributed by atoms with Gasteiger partial charge in [0.05, 0.1) is 6.10 Å². The predicted molar refractivity (Wildman–Crippen MR) is 78.8 cm³/mol. The zero-order chi connectivity index (χ0) is 13.1. The summed E-state index contributed by atoms with van der Waals surface area (Å²) in [5, 5.41) is 13.0. The molecule has 2 heteroatoms. The second-order valence-corrected chi connectivity index (χ2v) is 6.00. The summed E-state index contributed by atoms with van der Waals surface area (Å²) in [6, 6.07) is 0. The summed E-state index contributed by atoms with van der Waals surface area (Å²) >= 11 is 0. The monoisotopic (exact) mass is 255 g/mol. The Balaban J connectivity index is 1.78. The van der Waals surface area contributed by atoms with Crippen molar-refractivity contribution in [3.05, 3.63) is 0 Å². The minimum atomic E-state index is -0.00984. The van der Waals surface area contributed by atoms with Gasteiger partial charge in [0, 0.05) is 0 Å². The van der Waals surface area contributed by atoms with E-state index in [0.717, 1.165) is 18.8 Å². The van der Waals surface area contributed by atoms with E-state index in [1.165, 1.54) is 70.9 Å². The van der Waals surface area contributed by atoms with Crippen LogP contribution in [0.3, 0.4) is 0 Å². The molecule has 1 saturated carbocycles. The fourth-order valence-electron chi connectivity index (χ4n) is 2.86. The van der Waals surface area contributed by atoms with Gasteiger partial charge in [-0.3, -0.25) is 0 Å². The molecule has 0 atom stereocenters. The van der Waals surface area contributed by atoms with Crippen LogP contribution in [-0.4, -0.2) is 24.3 Å². The molecular formula is C16H33NO. The Hall–Kier alpha value is -0.0800. The molecule has 0 bridgehead atoms. The molecule has 0 heterocycles. The minimum absolute atomic E-state index is 0.00984. The summed E-state index contributed by atoms with van der Waals surface area (Å²) in [7, 11) is 0. The Bertz CT molecular complexity index is 176. The SMILES string of the molecule is CCCCCCCCCNCC1CCC(O)CC1. The molecule has 0 saturated heterocycles. The van der Waals surface area contributed by atoms with Crippen LogP contribution in [0.15, 0.2) is 0 Å². The molecular weight excluding hydrogens is 222 g/mol. The lowest BCUT2D eigenvalue weighted by Crippen LogP contribution is -2.28. The lowest BCUT2D eigenvalue weighted by atomic mass is 9.87. The molecule has 0 spiro atoms. The first-order valence-electron chi connectivity index (χ1n) is 8.21. The van der Waals surface area contributed by atoms with E-state index in [2.05, 4.69) is 12.2 Å².